The summed E-state index contributed by atoms with van der Waals surface area (Å²) in [5.74, 6) is 0.111. The van der Waals surface area contributed by atoms with Gasteiger partial charge in [0, 0.05) is 6.42 Å². The fourth-order valence-corrected chi connectivity index (χ4v) is 3.68. The number of fused-ring (bicyclic) bond motifs is 2. The molecule has 2 amide bonds. The van der Waals surface area contributed by atoms with Crippen LogP contribution in [0.1, 0.15) is 37.3 Å². The zero-order valence-corrected chi connectivity index (χ0v) is 12.8. The fraction of sp³-hybridized carbons (Fsp3) is 0.471. The second kappa shape index (κ2) is 5.23. The van der Waals surface area contributed by atoms with Gasteiger partial charge in [0.05, 0.1) is 19.1 Å². The lowest BCUT2D eigenvalue weighted by atomic mass is 9.69. The Hall–Kier alpha value is -2.17. The summed E-state index contributed by atoms with van der Waals surface area (Å²) in [6, 6.07) is 5.68. The summed E-state index contributed by atoms with van der Waals surface area (Å²) in [4.78, 5) is 37.6. The van der Waals surface area contributed by atoms with Crippen LogP contribution in [0.15, 0.2) is 18.2 Å². The van der Waals surface area contributed by atoms with E-state index in [1.165, 1.54) is 6.92 Å². The van der Waals surface area contributed by atoms with Gasteiger partial charge in [0.25, 0.3) is 0 Å². The molecule has 3 rings (SSSR count). The molecule has 1 saturated heterocycles. The van der Waals surface area contributed by atoms with E-state index in [1.807, 2.05) is 18.2 Å². The van der Waals surface area contributed by atoms with E-state index < -0.39 is 5.41 Å². The van der Waals surface area contributed by atoms with Gasteiger partial charge >= 0.3 is 0 Å². The molecule has 0 saturated carbocycles. The summed E-state index contributed by atoms with van der Waals surface area (Å²) >= 11 is 0. The number of amides is 2. The van der Waals surface area contributed by atoms with Gasteiger partial charge in [0.1, 0.15) is 11.5 Å². The standard InChI is InChI=1S/C17H19NO4/c1-11(19)10-18-15(20)9-17(16(18)21)7-3-4-12-8-13(22-2)5-6-14(12)17/h5-6,8H,3-4,7,9-10H2,1-2H3. The number of likely N-dealkylation sites (tertiary alicyclic amines) is 1. The number of carbonyl (C=O) groups is 3. The van der Waals surface area contributed by atoms with Crippen LogP contribution in [0.2, 0.25) is 0 Å². The molecule has 1 aromatic carbocycles. The predicted molar refractivity (Wildman–Crippen MR) is 79.6 cm³/mol. The summed E-state index contributed by atoms with van der Waals surface area (Å²) in [7, 11) is 1.61. The van der Waals surface area contributed by atoms with Crippen molar-refractivity contribution < 1.29 is 19.1 Å². The molecule has 1 heterocycles. The molecule has 5 nitrogen and oxygen atoms in total. The monoisotopic (exact) mass is 301 g/mol. The van der Waals surface area contributed by atoms with Gasteiger partial charge in [-0.2, -0.15) is 0 Å². The molecular weight excluding hydrogens is 282 g/mol. The van der Waals surface area contributed by atoms with Crippen molar-refractivity contribution in [3.05, 3.63) is 29.3 Å². The van der Waals surface area contributed by atoms with Crippen molar-refractivity contribution in [2.45, 2.75) is 38.0 Å². The van der Waals surface area contributed by atoms with Crippen LogP contribution in [-0.4, -0.2) is 36.2 Å². The highest BCUT2D eigenvalue weighted by Gasteiger charge is 2.54. The van der Waals surface area contributed by atoms with E-state index in [0.717, 1.165) is 34.6 Å². The van der Waals surface area contributed by atoms with E-state index in [1.54, 1.807) is 7.11 Å². The summed E-state index contributed by atoms with van der Waals surface area (Å²) in [5, 5.41) is 0. The van der Waals surface area contributed by atoms with Crippen LogP contribution in [0.5, 0.6) is 5.75 Å². The molecule has 5 heteroatoms. The van der Waals surface area contributed by atoms with Gasteiger partial charge in [0.15, 0.2) is 0 Å². The minimum absolute atomic E-state index is 0.120. The van der Waals surface area contributed by atoms with Crippen LogP contribution in [0.25, 0.3) is 0 Å². The van der Waals surface area contributed by atoms with Gasteiger partial charge in [-0.1, -0.05) is 6.07 Å². The average molecular weight is 301 g/mol. The van der Waals surface area contributed by atoms with Crippen LogP contribution in [0, 0.1) is 0 Å². The molecule has 0 aromatic heterocycles. The minimum atomic E-state index is -0.785. The third-order valence-electron chi connectivity index (χ3n) is 4.67. The Balaban J connectivity index is 2.04. The van der Waals surface area contributed by atoms with Crippen LogP contribution in [0.3, 0.4) is 0 Å². The lowest BCUT2D eigenvalue weighted by molar-refractivity contribution is -0.143. The Morgan fingerprint density at radius 1 is 1.36 bits per heavy atom. The van der Waals surface area contributed by atoms with Crippen molar-refractivity contribution in [3.8, 4) is 5.75 Å². The molecule has 22 heavy (non-hydrogen) atoms. The Bertz CT molecular complexity index is 667. The summed E-state index contributed by atoms with van der Waals surface area (Å²) < 4.78 is 5.25. The first-order valence-corrected chi connectivity index (χ1v) is 7.49. The molecule has 1 aliphatic heterocycles. The van der Waals surface area contributed by atoms with Gasteiger partial charge in [-0.05, 0) is 49.4 Å². The Morgan fingerprint density at radius 2 is 2.14 bits per heavy atom. The van der Waals surface area contributed by atoms with Crippen molar-refractivity contribution in [2.75, 3.05) is 13.7 Å². The molecule has 1 aliphatic carbocycles. The van der Waals surface area contributed by atoms with Crippen molar-refractivity contribution in [1.82, 2.24) is 4.90 Å². The number of methoxy groups -OCH3 is 1. The van der Waals surface area contributed by atoms with Crippen LogP contribution >= 0.6 is 0 Å². The maximum Gasteiger partial charge on any atom is 0.240 e. The van der Waals surface area contributed by atoms with Gasteiger partial charge in [0.2, 0.25) is 11.8 Å². The van der Waals surface area contributed by atoms with Gasteiger partial charge in [-0.15, -0.1) is 0 Å². The average Bonchev–Trinajstić information content (AvgIpc) is 2.72. The largest absolute Gasteiger partial charge is 0.497 e. The van der Waals surface area contributed by atoms with E-state index in [-0.39, 0.29) is 30.6 Å². The molecule has 1 fully saturated rings. The topological polar surface area (TPSA) is 63.7 Å². The van der Waals surface area contributed by atoms with E-state index in [9.17, 15) is 14.4 Å². The molecule has 1 spiro atoms. The normalized spacial score (nSPS) is 23.8. The van der Waals surface area contributed by atoms with Gasteiger partial charge in [-0.3, -0.25) is 19.3 Å². The maximum absolute atomic E-state index is 12.9. The highest BCUT2D eigenvalue weighted by atomic mass is 16.5. The molecule has 0 radical (unpaired) electrons. The smallest absolute Gasteiger partial charge is 0.240 e. The number of ketones is 1. The van der Waals surface area contributed by atoms with E-state index in [2.05, 4.69) is 0 Å². The van der Waals surface area contributed by atoms with Crippen molar-refractivity contribution in [2.24, 2.45) is 0 Å². The van der Waals surface area contributed by atoms with Crippen LogP contribution in [-0.2, 0) is 26.2 Å². The highest BCUT2D eigenvalue weighted by Crippen LogP contribution is 2.46. The van der Waals surface area contributed by atoms with Crippen molar-refractivity contribution in [3.63, 3.8) is 0 Å². The number of Topliss-reactive ketones (excluding diaryl/α,β-unsaturated/α-hetero) is 1. The van der Waals surface area contributed by atoms with Crippen LogP contribution < -0.4 is 4.74 Å². The van der Waals surface area contributed by atoms with Gasteiger partial charge < -0.3 is 4.74 Å². The van der Waals surface area contributed by atoms with Crippen molar-refractivity contribution in [1.29, 1.82) is 0 Å². The molecule has 1 unspecified atom stereocenters. The van der Waals surface area contributed by atoms with Crippen LogP contribution in [0.4, 0.5) is 0 Å². The lowest BCUT2D eigenvalue weighted by Crippen LogP contribution is -2.42. The Morgan fingerprint density at radius 3 is 2.82 bits per heavy atom. The van der Waals surface area contributed by atoms with E-state index in [4.69, 9.17) is 4.74 Å². The SMILES string of the molecule is COc1ccc2c(c1)CCCC21CC(=O)N(CC(C)=O)C1=O. The number of nitrogens with zero attached hydrogens (tertiary/aromatic N) is 1. The third kappa shape index (κ3) is 2.12. The molecule has 0 bridgehead atoms. The second-order valence-corrected chi connectivity index (χ2v) is 6.12. The molecule has 116 valence electrons. The fourth-order valence-electron chi connectivity index (χ4n) is 3.68. The number of hydrogen-bond acceptors (Lipinski definition) is 4. The van der Waals surface area contributed by atoms with E-state index >= 15 is 0 Å². The minimum Gasteiger partial charge on any atom is -0.497 e. The summed E-state index contributed by atoms with van der Waals surface area (Å²) in [6.07, 6.45) is 2.55. The Labute approximate surface area is 129 Å². The quantitative estimate of drug-likeness (QED) is 0.796. The molecule has 2 aliphatic rings. The number of carbonyl (C=O) groups excluding carboxylic acids is 3. The number of imide groups is 1. The zero-order valence-electron chi connectivity index (χ0n) is 12.8. The number of ether oxygens (including phenoxy) is 1. The van der Waals surface area contributed by atoms with Crippen molar-refractivity contribution >= 4 is 17.6 Å². The maximum atomic E-state index is 12.9. The van der Waals surface area contributed by atoms with Gasteiger partial charge in [-0.25, -0.2) is 0 Å². The first kappa shape index (κ1) is 14.8. The number of benzene rings is 1. The molecule has 1 atom stereocenters. The summed E-state index contributed by atoms with van der Waals surface area (Å²) in [6.45, 7) is 1.27. The zero-order chi connectivity index (χ0) is 15.9. The third-order valence-corrected chi connectivity index (χ3v) is 4.67. The second-order valence-electron chi connectivity index (χ2n) is 6.12. The Kier molecular flexibility index (Phi) is 3.51. The molecule has 0 N–H and O–H groups in total. The highest BCUT2D eigenvalue weighted by molar-refractivity contribution is 6.11. The number of hydrogen-bond donors (Lipinski definition) is 0. The lowest BCUT2D eigenvalue weighted by Gasteiger charge is -2.33. The predicted octanol–water partition coefficient (Wildman–Crippen LogP) is 1.62. The summed E-state index contributed by atoms with van der Waals surface area (Å²) in [5.41, 5.74) is 1.20. The van der Waals surface area contributed by atoms with E-state index in [0.29, 0.717) is 6.42 Å². The number of aryl methyl sites for hydroxylation is 1. The molecule has 1 aromatic rings. The molecular formula is C17H19NO4. The number of rotatable bonds is 3. The first-order chi connectivity index (χ1) is 10.5. The first-order valence-electron chi connectivity index (χ1n) is 7.49.